The molecule has 0 spiro atoms. The molecule has 1 aromatic carbocycles. The third kappa shape index (κ3) is 1.82. The molecule has 3 rings (SSSR count). The molecular weight excluding hydrogens is 260 g/mol. The predicted octanol–water partition coefficient (Wildman–Crippen LogP) is 3.33. The third-order valence-electron chi connectivity index (χ3n) is 2.50. The lowest BCUT2D eigenvalue weighted by Gasteiger charge is -1.97. The first kappa shape index (κ1) is 11.1. The van der Waals surface area contributed by atoms with E-state index in [0.717, 1.165) is 6.07 Å². The Bertz CT molecular complexity index is 719. The third-order valence-corrected chi connectivity index (χ3v) is 2.79. The summed E-state index contributed by atoms with van der Waals surface area (Å²) in [5.41, 5.74) is 1.37. The van der Waals surface area contributed by atoms with Crippen LogP contribution in [0, 0.1) is 11.6 Å². The molecule has 0 bridgehead atoms. The second-order valence-electron chi connectivity index (χ2n) is 3.74. The van der Waals surface area contributed by atoms with E-state index >= 15 is 0 Å². The van der Waals surface area contributed by atoms with Crippen molar-refractivity contribution in [3.63, 3.8) is 0 Å². The predicted molar refractivity (Wildman–Crippen MR) is 63.3 cm³/mol. The Morgan fingerprint density at radius 3 is 2.44 bits per heavy atom. The molecule has 0 atom stereocenters. The standard InChI is InChI=1S/C12H6ClF2N3/c13-12-11-6-10(17-18(11)2-1-16-12)7-3-8(14)5-9(15)4-7/h1-6H. The van der Waals surface area contributed by atoms with Gasteiger partial charge in [-0.1, -0.05) is 11.6 Å². The minimum atomic E-state index is -0.647. The lowest BCUT2D eigenvalue weighted by atomic mass is 10.1. The van der Waals surface area contributed by atoms with Crippen molar-refractivity contribution in [1.82, 2.24) is 14.6 Å². The lowest BCUT2D eigenvalue weighted by Crippen LogP contribution is -1.89. The average molecular weight is 266 g/mol. The SMILES string of the molecule is Fc1cc(F)cc(-c2cc3c(Cl)nccn3n2)c1. The molecule has 18 heavy (non-hydrogen) atoms. The van der Waals surface area contributed by atoms with Gasteiger partial charge in [-0.05, 0) is 18.2 Å². The largest absolute Gasteiger partial charge is 0.241 e. The van der Waals surface area contributed by atoms with Gasteiger partial charge in [-0.2, -0.15) is 5.10 Å². The monoisotopic (exact) mass is 265 g/mol. The van der Waals surface area contributed by atoms with E-state index < -0.39 is 11.6 Å². The average Bonchev–Trinajstić information content (AvgIpc) is 2.73. The number of rotatable bonds is 1. The molecule has 0 saturated carbocycles. The van der Waals surface area contributed by atoms with Crippen molar-refractivity contribution in [2.75, 3.05) is 0 Å². The van der Waals surface area contributed by atoms with Gasteiger partial charge in [0.25, 0.3) is 0 Å². The van der Waals surface area contributed by atoms with Gasteiger partial charge in [0.05, 0.1) is 5.69 Å². The molecule has 2 aromatic heterocycles. The van der Waals surface area contributed by atoms with Gasteiger partial charge in [-0.25, -0.2) is 18.3 Å². The zero-order valence-electron chi connectivity index (χ0n) is 8.94. The van der Waals surface area contributed by atoms with Crippen LogP contribution in [-0.2, 0) is 0 Å². The number of nitrogens with zero attached hydrogens (tertiary/aromatic N) is 3. The highest BCUT2D eigenvalue weighted by Crippen LogP contribution is 2.24. The molecule has 0 fully saturated rings. The van der Waals surface area contributed by atoms with Gasteiger partial charge < -0.3 is 0 Å². The van der Waals surface area contributed by atoms with Gasteiger partial charge in [-0.15, -0.1) is 0 Å². The van der Waals surface area contributed by atoms with E-state index in [4.69, 9.17) is 11.6 Å². The van der Waals surface area contributed by atoms with Crippen LogP contribution in [0.25, 0.3) is 16.8 Å². The molecule has 0 radical (unpaired) electrons. The maximum atomic E-state index is 13.1. The summed E-state index contributed by atoms with van der Waals surface area (Å²) in [5.74, 6) is -1.29. The summed E-state index contributed by atoms with van der Waals surface area (Å²) in [7, 11) is 0. The van der Waals surface area contributed by atoms with Crippen LogP contribution in [-0.4, -0.2) is 14.6 Å². The number of benzene rings is 1. The molecule has 0 aliphatic heterocycles. The number of fused-ring (bicyclic) bond motifs is 1. The molecule has 90 valence electrons. The number of halogens is 3. The van der Waals surface area contributed by atoms with Crippen LogP contribution in [0.3, 0.4) is 0 Å². The second kappa shape index (κ2) is 4.03. The van der Waals surface area contributed by atoms with Crippen LogP contribution in [0.4, 0.5) is 8.78 Å². The van der Waals surface area contributed by atoms with Crippen LogP contribution in [0.15, 0.2) is 36.7 Å². The molecule has 6 heteroatoms. The molecule has 0 aliphatic carbocycles. The van der Waals surface area contributed by atoms with Crippen molar-refractivity contribution in [3.8, 4) is 11.3 Å². The quantitative estimate of drug-likeness (QED) is 0.676. The van der Waals surface area contributed by atoms with Crippen LogP contribution in [0.2, 0.25) is 5.15 Å². The highest BCUT2D eigenvalue weighted by Gasteiger charge is 2.09. The number of hydrogen-bond donors (Lipinski definition) is 0. The van der Waals surface area contributed by atoms with Gasteiger partial charge in [0.15, 0.2) is 5.15 Å². The van der Waals surface area contributed by atoms with Crippen LogP contribution >= 0.6 is 11.6 Å². The van der Waals surface area contributed by atoms with Crippen molar-refractivity contribution in [3.05, 3.63) is 53.4 Å². The summed E-state index contributed by atoms with van der Waals surface area (Å²) in [5, 5.41) is 4.47. The van der Waals surface area contributed by atoms with E-state index in [9.17, 15) is 8.78 Å². The Hall–Kier alpha value is -2.01. The molecule has 3 aromatic rings. The molecule has 0 N–H and O–H groups in total. The molecule has 0 amide bonds. The van der Waals surface area contributed by atoms with Gasteiger partial charge in [-0.3, -0.25) is 0 Å². The van der Waals surface area contributed by atoms with E-state index in [-0.39, 0.29) is 5.15 Å². The fourth-order valence-corrected chi connectivity index (χ4v) is 1.93. The van der Waals surface area contributed by atoms with E-state index in [1.807, 2.05) is 0 Å². The summed E-state index contributed by atoms with van der Waals surface area (Å²) in [6.45, 7) is 0. The van der Waals surface area contributed by atoms with Gasteiger partial charge >= 0.3 is 0 Å². The Balaban J connectivity index is 2.22. The van der Waals surface area contributed by atoms with Crippen molar-refractivity contribution in [2.24, 2.45) is 0 Å². The number of aromatic nitrogens is 3. The highest BCUT2D eigenvalue weighted by atomic mass is 35.5. The van der Waals surface area contributed by atoms with Crippen LogP contribution in [0.5, 0.6) is 0 Å². The smallest absolute Gasteiger partial charge is 0.154 e. The summed E-state index contributed by atoms with van der Waals surface area (Å²) in [4.78, 5) is 3.91. The molecule has 3 nitrogen and oxygen atoms in total. The van der Waals surface area contributed by atoms with E-state index in [0.29, 0.717) is 16.8 Å². The normalized spacial score (nSPS) is 11.1. The topological polar surface area (TPSA) is 30.2 Å². The zero-order chi connectivity index (χ0) is 12.7. The first-order valence-corrected chi connectivity index (χ1v) is 5.47. The molecule has 0 aliphatic rings. The van der Waals surface area contributed by atoms with Gasteiger partial charge in [0.1, 0.15) is 17.2 Å². The fourth-order valence-electron chi connectivity index (χ4n) is 1.73. The van der Waals surface area contributed by atoms with Crippen molar-refractivity contribution < 1.29 is 8.78 Å². The van der Waals surface area contributed by atoms with Crippen LogP contribution < -0.4 is 0 Å². The summed E-state index contributed by atoms with van der Waals surface area (Å²) >= 11 is 5.90. The fraction of sp³-hybridized carbons (Fsp3) is 0. The summed E-state index contributed by atoms with van der Waals surface area (Å²) in [6.07, 6.45) is 3.11. The maximum Gasteiger partial charge on any atom is 0.154 e. The first-order chi connectivity index (χ1) is 8.63. The van der Waals surface area contributed by atoms with Crippen molar-refractivity contribution >= 4 is 17.1 Å². The Morgan fingerprint density at radius 1 is 1.06 bits per heavy atom. The molecule has 0 saturated heterocycles. The Kier molecular flexibility index (Phi) is 2.48. The van der Waals surface area contributed by atoms with E-state index in [1.54, 1.807) is 12.3 Å². The molecule has 2 heterocycles. The van der Waals surface area contributed by atoms with E-state index in [1.165, 1.54) is 22.8 Å². The van der Waals surface area contributed by atoms with Gasteiger partial charge in [0.2, 0.25) is 0 Å². The maximum absolute atomic E-state index is 13.1. The Labute approximate surface area is 106 Å². The van der Waals surface area contributed by atoms with E-state index in [2.05, 4.69) is 10.1 Å². The minimum Gasteiger partial charge on any atom is -0.241 e. The second-order valence-corrected chi connectivity index (χ2v) is 4.09. The molecular formula is C12H6ClF2N3. The zero-order valence-corrected chi connectivity index (χ0v) is 9.70. The summed E-state index contributed by atoms with van der Waals surface area (Å²) in [6, 6.07) is 4.87. The molecule has 0 unspecified atom stereocenters. The first-order valence-electron chi connectivity index (χ1n) is 5.10. The highest BCUT2D eigenvalue weighted by molar-refractivity contribution is 6.32. The summed E-state index contributed by atoms with van der Waals surface area (Å²) < 4.78 is 27.8. The van der Waals surface area contributed by atoms with Crippen molar-refractivity contribution in [1.29, 1.82) is 0 Å². The van der Waals surface area contributed by atoms with Gasteiger partial charge in [0, 0.05) is 24.0 Å². The van der Waals surface area contributed by atoms with Crippen molar-refractivity contribution in [2.45, 2.75) is 0 Å². The number of hydrogen-bond acceptors (Lipinski definition) is 2. The lowest BCUT2D eigenvalue weighted by molar-refractivity contribution is 0.584. The minimum absolute atomic E-state index is 0.285. The van der Waals surface area contributed by atoms with Crippen LogP contribution in [0.1, 0.15) is 0 Å². The Morgan fingerprint density at radius 2 is 1.78 bits per heavy atom.